The average molecular weight is 282 g/mol. The molecule has 4 aromatic rings. The van der Waals surface area contributed by atoms with Crippen molar-refractivity contribution in [1.29, 1.82) is 0 Å². The van der Waals surface area contributed by atoms with Gasteiger partial charge < -0.3 is 0 Å². The van der Waals surface area contributed by atoms with Gasteiger partial charge in [0, 0.05) is 6.20 Å². The summed E-state index contributed by atoms with van der Waals surface area (Å²) in [7, 11) is 0. The molecular weight excluding hydrogens is 275 g/mol. The van der Waals surface area contributed by atoms with Crippen LogP contribution in [0.5, 0.6) is 0 Å². The topological polar surface area (TPSA) is 78.0 Å². The molecule has 0 radical (unpaired) electrons. The Morgan fingerprint density at radius 3 is 2.90 bits per heavy atom. The summed E-state index contributed by atoms with van der Waals surface area (Å²) in [4.78, 5) is 16.4. The first kappa shape index (κ1) is 11.6. The van der Waals surface area contributed by atoms with Crippen LogP contribution in [0.3, 0.4) is 0 Å². The van der Waals surface area contributed by atoms with Crippen molar-refractivity contribution in [2.75, 3.05) is 0 Å². The smallest absolute Gasteiger partial charge is 0.282 e. The Balaban J connectivity index is 2.07. The van der Waals surface area contributed by atoms with Crippen LogP contribution in [0.2, 0.25) is 0 Å². The molecule has 7 nitrogen and oxygen atoms in total. The van der Waals surface area contributed by atoms with Crippen molar-refractivity contribution in [3.05, 3.63) is 59.0 Å². The summed E-state index contributed by atoms with van der Waals surface area (Å²) >= 11 is 0. The van der Waals surface area contributed by atoms with Crippen LogP contribution in [0.15, 0.2) is 47.7 Å². The van der Waals surface area contributed by atoms with Gasteiger partial charge in [-0.2, -0.15) is 14.6 Å². The molecule has 0 saturated heterocycles. The Bertz CT molecular complexity index is 1040. The fourth-order valence-corrected chi connectivity index (χ4v) is 2.18. The summed E-state index contributed by atoms with van der Waals surface area (Å²) in [6.45, 7) is 0. The van der Waals surface area contributed by atoms with Crippen molar-refractivity contribution >= 4 is 16.8 Å². The van der Waals surface area contributed by atoms with Crippen molar-refractivity contribution in [2.45, 2.75) is 0 Å². The van der Waals surface area contributed by atoms with Crippen LogP contribution in [0.25, 0.3) is 22.5 Å². The second-order valence-corrected chi connectivity index (χ2v) is 4.38. The van der Waals surface area contributed by atoms with Gasteiger partial charge in [-0.15, -0.1) is 10.2 Å². The fourth-order valence-electron chi connectivity index (χ4n) is 2.18. The minimum atomic E-state index is -0.419. The largest absolute Gasteiger partial charge is 0.285 e. The third-order valence-electron chi connectivity index (χ3n) is 3.13. The van der Waals surface area contributed by atoms with Gasteiger partial charge in [-0.1, -0.05) is 6.07 Å². The van der Waals surface area contributed by atoms with E-state index in [0.29, 0.717) is 17.0 Å². The number of aromatic nitrogens is 6. The van der Waals surface area contributed by atoms with E-state index in [0.717, 1.165) is 0 Å². The summed E-state index contributed by atoms with van der Waals surface area (Å²) in [6.07, 6.45) is 2.88. The van der Waals surface area contributed by atoms with E-state index in [1.165, 1.54) is 33.6 Å². The van der Waals surface area contributed by atoms with Gasteiger partial charge in [-0.3, -0.25) is 9.36 Å². The molecule has 0 N–H and O–H groups in total. The molecular formula is C13H7FN6O. The van der Waals surface area contributed by atoms with Gasteiger partial charge in [-0.25, -0.2) is 4.39 Å². The highest BCUT2D eigenvalue weighted by Crippen LogP contribution is 2.11. The Kier molecular flexibility index (Phi) is 2.31. The molecule has 0 fully saturated rings. The van der Waals surface area contributed by atoms with Crippen LogP contribution in [-0.2, 0) is 0 Å². The van der Waals surface area contributed by atoms with E-state index >= 15 is 0 Å². The summed E-state index contributed by atoms with van der Waals surface area (Å²) in [6, 6.07) is 7.42. The molecule has 1 aromatic carbocycles. The first-order valence-electron chi connectivity index (χ1n) is 6.08. The first-order chi connectivity index (χ1) is 10.2. The molecule has 8 heteroatoms. The van der Waals surface area contributed by atoms with Crippen LogP contribution in [0.4, 0.5) is 4.39 Å². The molecule has 0 saturated carbocycles. The highest BCUT2D eigenvalue weighted by Gasteiger charge is 2.11. The molecule has 3 heterocycles. The molecule has 3 aromatic heterocycles. The third-order valence-corrected chi connectivity index (χ3v) is 3.13. The number of rotatable bonds is 1. The zero-order valence-corrected chi connectivity index (χ0v) is 10.5. The van der Waals surface area contributed by atoms with Crippen LogP contribution < -0.4 is 5.56 Å². The van der Waals surface area contributed by atoms with E-state index in [1.54, 1.807) is 18.3 Å². The van der Waals surface area contributed by atoms with Crippen LogP contribution in [0.1, 0.15) is 0 Å². The lowest BCUT2D eigenvalue weighted by molar-refractivity contribution is 0.626. The second-order valence-electron chi connectivity index (χ2n) is 4.38. The molecule has 0 aliphatic heterocycles. The average Bonchev–Trinajstić information content (AvgIpc) is 2.96. The van der Waals surface area contributed by atoms with Crippen LogP contribution in [-0.4, -0.2) is 29.4 Å². The van der Waals surface area contributed by atoms with E-state index in [-0.39, 0.29) is 5.52 Å². The second kappa shape index (κ2) is 4.17. The number of fused-ring (bicyclic) bond motifs is 3. The maximum atomic E-state index is 13.3. The van der Waals surface area contributed by atoms with E-state index < -0.39 is 11.4 Å². The predicted molar refractivity (Wildman–Crippen MR) is 71.6 cm³/mol. The Morgan fingerprint density at radius 1 is 1.14 bits per heavy atom. The van der Waals surface area contributed by atoms with Gasteiger partial charge in [0.15, 0.2) is 5.52 Å². The monoisotopic (exact) mass is 282 g/mol. The predicted octanol–water partition coefficient (Wildman–Crippen LogP) is 0.962. The molecule has 0 atom stereocenters. The van der Waals surface area contributed by atoms with Gasteiger partial charge in [0.2, 0.25) is 0 Å². The lowest BCUT2D eigenvalue weighted by Crippen LogP contribution is -2.20. The molecule has 102 valence electrons. The highest BCUT2D eigenvalue weighted by atomic mass is 19.1. The Labute approximate surface area is 116 Å². The van der Waals surface area contributed by atoms with Gasteiger partial charge in [0.25, 0.3) is 11.3 Å². The number of pyridine rings is 1. The van der Waals surface area contributed by atoms with Gasteiger partial charge in [-0.05, 0) is 24.3 Å². The van der Waals surface area contributed by atoms with Crippen molar-refractivity contribution < 1.29 is 4.39 Å². The molecule has 0 amide bonds. The SMILES string of the molecule is O=c1c2nnc3ncnn3c2ccn1-c1cccc(F)c1. The zero-order valence-electron chi connectivity index (χ0n) is 10.5. The highest BCUT2D eigenvalue weighted by molar-refractivity contribution is 5.74. The van der Waals surface area contributed by atoms with Crippen molar-refractivity contribution in [3.8, 4) is 5.69 Å². The maximum Gasteiger partial charge on any atom is 0.285 e. The van der Waals surface area contributed by atoms with Crippen molar-refractivity contribution in [1.82, 2.24) is 29.4 Å². The standard InChI is InChI=1S/C13H7FN6O/c14-8-2-1-3-9(6-8)19-5-4-10-11(12(19)21)17-18-13-15-7-16-20(10)13/h1-7H. The number of benzene rings is 1. The summed E-state index contributed by atoms with van der Waals surface area (Å²) in [5.41, 5.74) is 0.653. The first-order valence-corrected chi connectivity index (χ1v) is 6.08. The van der Waals surface area contributed by atoms with Crippen molar-refractivity contribution in [3.63, 3.8) is 0 Å². The van der Waals surface area contributed by atoms with E-state index in [2.05, 4.69) is 20.3 Å². The molecule has 0 aliphatic carbocycles. The number of hydrogen-bond acceptors (Lipinski definition) is 5. The Hall–Kier alpha value is -3.16. The molecule has 0 bridgehead atoms. The number of nitrogens with zero attached hydrogens (tertiary/aromatic N) is 6. The lowest BCUT2D eigenvalue weighted by Gasteiger charge is -2.06. The van der Waals surface area contributed by atoms with E-state index in [9.17, 15) is 9.18 Å². The van der Waals surface area contributed by atoms with E-state index in [4.69, 9.17) is 0 Å². The molecule has 21 heavy (non-hydrogen) atoms. The normalized spacial score (nSPS) is 11.3. The van der Waals surface area contributed by atoms with Gasteiger partial charge in [0.05, 0.1) is 5.69 Å². The zero-order chi connectivity index (χ0) is 14.4. The molecule has 0 spiro atoms. The molecule has 4 rings (SSSR count). The summed E-state index contributed by atoms with van der Waals surface area (Å²) in [5, 5.41) is 11.7. The number of halogens is 1. The number of hydrogen-bond donors (Lipinski definition) is 0. The third kappa shape index (κ3) is 1.69. The molecule has 0 aliphatic rings. The summed E-state index contributed by atoms with van der Waals surface area (Å²) < 4.78 is 16.0. The minimum absolute atomic E-state index is 0.139. The maximum absolute atomic E-state index is 13.3. The fraction of sp³-hybridized carbons (Fsp3) is 0. The van der Waals surface area contributed by atoms with Gasteiger partial charge >= 0.3 is 0 Å². The van der Waals surface area contributed by atoms with Crippen molar-refractivity contribution in [2.24, 2.45) is 0 Å². The minimum Gasteiger partial charge on any atom is -0.282 e. The summed E-state index contributed by atoms with van der Waals surface area (Å²) in [5.74, 6) is -0.109. The van der Waals surface area contributed by atoms with Gasteiger partial charge in [0.1, 0.15) is 17.7 Å². The lowest BCUT2D eigenvalue weighted by atomic mass is 10.3. The quantitative estimate of drug-likeness (QED) is 0.519. The Morgan fingerprint density at radius 2 is 2.05 bits per heavy atom. The van der Waals surface area contributed by atoms with Crippen LogP contribution >= 0.6 is 0 Å². The van der Waals surface area contributed by atoms with Crippen LogP contribution in [0, 0.1) is 5.82 Å². The van der Waals surface area contributed by atoms with E-state index in [1.807, 2.05) is 0 Å². The molecule has 0 unspecified atom stereocenters.